The number of anilines is 3. The van der Waals surface area contributed by atoms with Crippen molar-refractivity contribution >= 4 is 17.1 Å². The molecule has 1 heterocycles. The van der Waals surface area contributed by atoms with Gasteiger partial charge in [-0.3, -0.25) is 5.73 Å². The second-order valence-corrected chi connectivity index (χ2v) is 2.57. The average Bonchev–Trinajstić information content (AvgIpc) is 2.27. The molecular formula is C7H10N4. The van der Waals surface area contributed by atoms with E-state index < -0.39 is 0 Å². The summed E-state index contributed by atoms with van der Waals surface area (Å²) in [6.45, 7) is 0. The predicted molar refractivity (Wildman–Crippen MR) is 46.1 cm³/mol. The number of nitrogens with one attached hydrogen (secondary N) is 2. The van der Waals surface area contributed by atoms with E-state index in [0.717, 1.165) is 17.1 Å². The minimum atomic E-state index is -0.188. The van der Waals surface area contributed by atoms with Crippen molar-refractivity contribution < 1.29 is 0 Å². The summed E-state index contributed by atoms with van der Waals surface area (Å²) >= 11 is 0. The molecule has 0 amide bonds. The van der Waals surface area contributed by atoms with Gasteiger partial charge in [0, 0.05) is 5.69 Å². The van der Waals surface area contributed by atoms with Crippen molar-refractivity contribution in [2.45, 2.75) is 6.29 Å². The molecule has 1 aromatic rings. The van der Waals surface area contributed by atoms with Crippen molar-refractivity contribution in [3.8, 4) is 0 Å². The van der Waals surface area contributed by atoms with Crippen molar-refractivity contribution in [2.75, 3.05) is 16.4 Å². The highest BCUT2D eigenvalue weighted by atomic mass is 15.3. The minimum Gasteiger partial charge on any atom is -0.399 e. The lowest BCUT2D eigenvalue weighted by atomic mass is 10.2. The van der Waals surface area contributed by atoms with E-state index in [0.29, 0.717) is 0 Å². The van der Waals surface area contributed by atoms with E-state index in [2.05, 4.69) is 10.6 Å². The normalized spacial score (nSPS) is 20.3. The summed E-state index contributed by atoms with van der Waals surface area (Å²) in [4.78, 5) is 0. The zero-order valence-electron chi connectivity index (χ0n) is 5.96. The van der Waals surface area contributed by atoms with Gasteiger partial charge >= 0.3 is 0 Å². The van der Waals surface area contributed by atoms with E-state index in [1.54, 1.807) is 0 Å². The maximum atomic E-state index is 5.57. The highest BCUT2D eigenvalue weighted by Crippen LogP contribution is 2.28. The highest BCUT2D eigenvalue weighted by Gasteiger charge is 2.14. The minimum absolute atomic E-state index is 0.188. The van der Waals surface area contributed by atoms with Crippen molar-refractivity contribution in [1.82, 2.24) is 0 Å². The van der Waals surface area contributed by atoms with Crippen LogP contribution in [0, 0.1) is 0 Å². The second-order valence-electron chi connectivity index (χ2n) is 2.57. The molecule has 2 rings (SSSR count). The quantitative estimate of drug-likeness (QED) is 0.402. The van der Waals surface area contributed by atoms with Gasteiger partial charge in [0.1, 0.15) is 0 Å². The van der Waals surface area contributed by atoms with Gasteiger partial charge in [0.15, 0.2) is 6.29 Å². The number of nitrogens with two attached hydrogens (primary N) is 2. The first-order chi connectivity index (χ1) is 5.25. The van der Waals surface area contributed by atoms with E-state index in [9.17, 15) is 0 Å². The number of benzene rings is 1. The summed E-state index contributed by atoms with van der Waals surface area (Å²) in [6, 6.07) is 5.60. The zero-order valence-corrected chi connectivity index (χ0v) is 5.96. The van der Waals surface area contributed by atoms with Gasteiger partial charge < -0.3 is 16.4 Å². The Morgan fingerprint density at radius 1 is 1.18 bits per heavy atom. The molecule has 0 fully saturated rings. The van der Waals surface area contributed by atoms with Crippen LogP contribution in [0.2, 0.25) is 0 Å². The molecular weight excluding hydrogens is 140 g/mol. The van der Waals surface area contributed by atoms with Crippen LogP contribution in [0.5, 0.6) is 0 Å². The third-order valence-electron chi connectivity index (χ3n) is 1.67. The van der Waals surface area contributed by atoms with E-state index in [1.165, 1.54) is 0 Å². The van der Waals surface area contributed by atoms with Gasteiger partial charge in [-0.15, -0.1) is 0 Å². The van der Waals surface area contributed by atoms with Crippen LogP contribution >= 0.6 is 0 Å². The lowest BCUT2D eigenvalue weighted by Gasteiger charge is -2.01. The van der Waals surface area contributed by atoms with Crippen LogP contribution in [0.25, 0.3) is 0 Å². The van der Waals surface area contributed by atoms with Gasteiger partial charge in [-0.25, -0.2) is 0 Å². The molecule has 0 saturated carbocycles. The van der Waals surface area contributed by atoms with Crippen LogP contribution in [-0.2, 0) is 0 Å². The third kappa shape index (κ3) is 0.969. The van der Waals surface area contributed by atoms with Crippen LogP contribution in [0.3, 0.4) is 0 Å². The van der Waals surface area contributed by atoms with E-state index in [-0.39, 0.29) is 6.29 Å². The van der Waals surface area contributed by atoms with Crippen molar-refractivity contribution in [3.63, 3.8) is 0 Å². The molecule has 58 valence electrons. The van der Waals surface area contributed by atoms with Gasteiger partial charge in [0.2, 0.25) is 0 Å². The zero-order chi connectivity index (χ0) is 7.84. The molecule has 0 bridgehead atoms. The molecule has 0 aromatic heterocycles. The van der Waals surface area contributed by atoms with Gasteiger partial charge in [0.05, 0.1) is 11.4 Å². The maximum Gasteiger partial charge on any atom is 0.150 e. The number of nitrogen functional groups attached to an aromatic ring is 1. The molecule has 4 nitrogen and oxygen atoms in total. The first kappa shape index (κ1) is 6.30. The van der Waals surface area contributed by atoms with Gasteiger partial charge in [-0.1, -0.05) is 0 Å². The Bertz CT molecular complexity index is 284. The number of hydrogen-bond donors (Lipinski definition) is 4. The molecule has 0 spiro atoms. The van der Waals surface area contributed by atoms with Gasteiger partial charge in [0.25, 0.3) is 0 Å². The fourth-order valence-corrected chi connectivity index (χ4v) is 1.18. The Morgan fingerprint density at radius 2 is 1.91 bits per heavy atom. The molecule has 11 heavy (non-hydrogen) atoms. The Hall–Kier alpha value is -1.42. The van der Waals surface area contributed by atoms with E-state index >= 15 is 0 Å². The highest BCUT2D eigenvalue weighted by molar-refractivity contribution is 5.77. The largest absolute Gasteiger partial charge is 0.399 e. The lowest BCUT2D eigenvalue weighted by Crippen LogP contribution is -2.31. The summed E-state index contributed by atoms with van der Waals surface area (Å²) in [5.74, 6) is 0. The summed E-state index contributed by atoms with van der Waals surface area (Å²) in [6.07, 6.45) is -0.188. The molecule has 0 aliphatic carbocycles. The topological polar surface area (TPSA) is 76.1 Å². The third-order valence-corrected chi connectivity index (χ3v) is 1.67. The Balaban J connectivity index is 2.43. The molecule has 1 aromatic carbocycles. The van der Waals surface area contributed by atoms with Crippen molar-refractivity contribution in [2.24, 2.45) is 5.73 Å². The van der Waals surface area contributed by atoms with Crippen molar-refractivity contribution in [3.05, 3.63) is 18.2 Å². The van der Waals surface area contributed by atoms with E-state index in [4.69, 9.17) is 11.5 Å². The monoisotopic (exact) mass is 150 g/mol. The molecule has 6 N–H and O–H groups in total. The summed E-state index contributed by atoms with van der Waals surface area (Å²) in [5, 5.41) is 6.06. The van der Waals surface area contributed by atoms with Crippen LogP contribution in [0.15, 0.2) is 18.2 Å². The fourth-order valence-electron chi connectivity index (χ4n) is 1.18. The van der Waals surface area contributed by atoms with Crippen molar-refractivity contribution in [1.29, 1.82) is 0 Å². The Labute approximate surface area is 64.6 Å². The predicted octanol–water partition coefficient (Wildman–Crippen LogP) is 0.348. The molecule has 1 aliphatic heterocycles. The van der Waals surface area contributed by atoms with Gasteiger partial charge in [-0.05, 0) is 18.2 Å². The summed E-state index contributed by atoms with van der Waals surface area (Å²) < 4.78 is 0. The Morgan fingerprint density at radius 3 is 2.73 bits per heavy atom. The van der Waals surface area contributed by atoms with Gasteiger partial charge in [-0.2, -0.15) is 0 Å². The summed E-state index contributed by atoms with van der Waals surface area (Å²) in [7, 11) is 0. The lowest BCUT2D eigenvalue weighted by molar-refractivity contribution is 0.902. The maximum absolute atomic E-state index is 5.57. The summed E-state index contributed by atoms with van der Waals surface area (Å²) in [5.41, 5.74) is 13.9. The van der Waals surface area contributed by atoms with Crippen LogP contribution < -0.4 is 22.1 Å². The molecule has 0 radical (unpaired) electrons. The molecule has 1 atom stereocenters. The molecule has 1 aliphatic rings. The SMILES string of the molecule is Nc1ccc2c(c1)NC(N)N2. The number of rotatable bonds is 0. The first-order valence-corrected chi connectivity index (χ1v) is 3.44. The van der Waals surface area contributed by atoms with Crippen LogP contribution in [-0.4, -0.2) is 6.29 Å². The standard InChI is InChI=1S/C7H10N4/c8-4-1-2-5-6(3-4)11-7(9)10-5/h1-3,7,10-11H,8-9H2. The van der Waals surface area contributed by atoms with E-state index in [1.807, 2.05) is 18.2 Å². The molecule has 0 saturated heterocycles. The van der Waals surface area contributed by atoms with Crippen LogP contribution in [0.4, 0.5) is 17.1 Å². The first-order valence-electron chi connectivity index (χ1n) is 3.44. The van der Waals surface area contributed by atoms with Crippen LogP contribution in [0.1, 0.15) is 0 Å². The Kier molecular flexibility index (Phi) is 1.16. The molecule has 4 heteroatoms. The fraction of sp³-hybridized carbons (Fsp3) is 0.143. The number of fused-ring (bicyclic) bond motifs is 1. The smallest absolute Gasteiger partial charge is 0.150 e. The average molecular weight is 150 g/mol. The number of hydrogen-bond acceptors (Lipinski definition) is 4. The molecule has 1 unspecified atom stereocenters. The second kappa shape index (κ2) is 2.03.